The van der Waals surface area contributed by atoms with Crippen LogP contribution in [0.3, 0.4) is 0 Å². The molecule has 1 heterocycles. The van der Waals surface area contributed by atoms with E-state index in [-0.39, 0.29) is 18.2 Å². The summed E-state index contributed by atoms with van der Waals surface area (Å²) in [6.45, 7) is 1.90. The van der Waals surface area contributed by atoms with Gasteiger partial charge in [0.15, 0.2) is 0 Å². The molecule has 1 aliphatic rings. The van der Waals surface area contributed by atoms with E-state index < -0.39 is 10.0 Å². The van der Waals surface area contributed by atoms with Crippen molar-refractivity contribution < 1.29 is 8.42 Å². The number of piperidine rings is 1. The van der Waals surface area contributed by atoms with Gasteiger partial charge in [0.25, 0.3) is 0 Å². The van der Waals surface area contributed by atoms with Crippen LogP contribution in [-0.4, -0.2) is 34.3 Å². The molecule has 1 saturated heterocycles. The van der Waals surface area contributed by atoms with Crippen molar-refractivity contribution >= 4 is 22.4 Å². The van der Waals surface area contributed by atoms with Gasteiger partial charge in [0.2, 0.25) is 10.0 Å². The Balaban J connectivity index is 0.00000144. The van der Waals surface area contributed by atoms with Crippen molar-refractivity contribution in [3.05, 3.63) is 0 Å². The first-order chi connectivity index (χ1) is 5.64. The van der Waals surface area contributed by atoms with E-state index in [4.69, 9.17) is 0 Å². The first-order valence-corrected chi connectivity index (χ1v) is 5.91. The van der Waals surface area contributed by atoms with E-state index in [2.05, 4.69) is 10.0 Å². The Labute approximate surface area is 85.9 Å². The molecule has 1 fully saturated rings. The SMILES string of the molecule is CNS(=O)(=O)CC1CCNCC1.Cl. The fourth-order valence-corrected chi connectivity index (χ4v) is 2.56. The second-order valence-electron chi connectivity index (χ2n) is 3.18. The minimum atomic E-state index is -3.00. The quantitative estimate of drug-likeness (QED) is 0.713. The van der Waals surface area contributed by atoms with Crippen molar-refractivity contribution in [2.45, 2.75) is 12.8 Å². The van der Waals surface area contributed by atoms with Crippen LogP contribution in [0, 0.1) is 5.92 Å². The number of halogens is 1. The third-order valence-corrected chi connectivity index (χ3v) is 3.76. The fraction of sp³-hybridized carbons (Fsp3) is 1.00. The molecule has 0 aromatic carbocycles. The van der Waals surface area contributed by atoms with Gasteiger partial charge in [-0.25, -0.2) is 13.1 Å². The second-order valence-corrected chi connectivity index (χ2v) is 5.15. The van der Waals surface area contributed by atoms with E-state index in [1.807, 2.05) is 0 Å². The summed E-state index contributed by atoms with van der Waals surface area (Å²) in [4.78, 5) is 0. The number of rotatable bonds is 3. The highest BCUT2D eigenvalue weighted by atomic mass is 35.5. The number of sulfonamides is 1. The summed E-state index contributed by atoms with van der Waals surface area (Å²) in [6, 6.07) is 0. The maximum atomic E-state index is 11.1. The molecular weight excluding hydrogens is 212 g/mol. The van der Waals surface area contributed by atoms with E-state index in [0.717, 1.165) is 25.9 Å². The van der Waals surface area contributed by atoms with Crippen LogP contribution in [0.2, 0.25) is 0 Å². The summed E-state index contributed by atoms with van der Waals surface area (Å²) in [7, 11) is -1.53. The normalized spacial score (nSPS) is 19.5. The average molecular weight is 229 g/mol. The zero-order valence-electron chi connectivity index (χ0n) is 7.75. The van der Waals surface area contributed by atoms with Crippen molar-refractivity contribution in [3.63, 3.8) is 0 Å². The Kier molecular flexibility index (Phi) is 5.87. The Morgan fingerprint density at radius 2 is 1.92 bits per heavy atom. The minimum Gasteiger partial charge on any atom is -0.317 e. The van der Waals surface area contributed by atoms with Crippen LogP contribution in [0.1, 0.15) is 12.8 Å². The summed E-state index contributed by atoms with van der Waals surface area (Å²) < 4.78 is 24.6. The molecule has 0 saturated carbocycles. The Morgan fingerprint density at radius 3 is 2.38 bits per heavy atom. The molecule has 1 rings (SSSR count). The molecule has 0 spiro atoms. The lowest BCUT2D eigenvalue weighted by Gasteiger charge is -2.21. The standard InChI is InChI=1S/C7H16N2O2S.ClH/c1-8-12(10,11)6-7-2-4-9-5-3-7;/h7-9H,2-6H2,1H3;1H. The van der Waals surface area contributed by atoms with Crippen molar-refractivity contribution in [2.24, 2.45) is 5.92 Å². The van der Waals surface area contributed by atoms with Gasteiger partial charge in [0.05, 0.1) is 5.75 Å². The zero-order chi connectivity index (χ0) is 9.03. The van der Waals surface area contributed by atoms with Crippen LogP contribution in [-0.2, 0) is 10.0 Å². The van der Waals surface area contributed by atoms with Crippen LogP contribution in [0.25, 0.3) is 0 Å². The molecule has 80 valence electrons. The first-order valence-electron chi connectivity index (χ1n) is 4.26. The van der Waals surface area contributed by atoms with Gasteiger partial charge in [-0.3, -0.25) is 0 Å². The highest BCUT2D eigenvalue weighted by Crippen LogP contribution is 2.12. The highest BCUT2D eigenvalue weighted by molar-refractivity contribution is 7.89. The first kappa shape index (κ1) is 13.2. The summed E-state index contributed by atoms with van der Waals surface area (Å²) in [5.74, 6) is 0.620. The Bertz CT molecular complexity index is 225. The van der Waals surface area contributed by atoms with Crippen LogP contribution >= 0.6 is 12.4 Å². The lowest BCUT2D eigenvalue weighted by atomic mass is 10.0. The molecule has 0 aromatic heterocycles. The molecule has 0 amide bonds. The Morgan fingerprint density at radius 1 is 1.38 bits per heavy atom. The third kappa shape index (κ3) is 4.81. The van der Waals surface area contributed by atoms with Crippen LogP contribution in [0.4, 0.5) is 0 Å². The van der Waals surface area contributed by atoms with Crippen molar-refractivity contribution in [3.8, 4) is 0 Å². The highest BCUT2D eigenvalue weighted by Gasteiger charge is 2.19. The third-order valence-electron chi connectivity index (χ3n) is 2.22. The molecule has 6 heteroatoms. The summed E-state index contributed by atoms with van der Waals surface area (Å²) in [6.07, 6.45) is 1.95. The molecule has 0 aromatic rings. The molecule has 1 aliphatic heterocycles. The second kappa shape index (κ2) is 5.80. The number of nitrogens with one attached hydrogen (secondary N) is 2. The van der Waals surface area contributed by atoms with E-state index in [1.165, 1.54) is 7.05 Å². The van der Waals surface area contributed by atoms with E-state index in [0.29, 0.717) is 5.92 Å². The van der Waals surface area contributed by atoms with Gasteiger partial charge in [-0.2, -0.15) is 0 Å². The molecule has 0 radical (unpaired) electrons. The lowest BCUT2D eigenvalue weighted by Crippen LogP contribution is -2.34. The van der Waals surface area contributed by atoms with Gasteiger partial charge in [0.1, 0.15) is 0 Å². The largest absolute Gasteiger partial charge is 0.317 e. The van der Waals surface area contributed by atoms with Gasteiger partial charge in [-0.05, 0) is 38.9 Å². The number of hydrogen-bond acceptors (Lipinski definition) is 3. The van der Waals surface area contributed by atoms with E-state index >= 15 is 0 Å². The van der Waals surface area contributed by atoms with E-state index in [9.17, 15) is 8.42 Å². The minimum absolute atomic E-state index is 0. The van der Waals surface area contributed by atoms with Crippen LogP contribution in [0.5, 0.6) is 0 Å². The monoisotopic (exact) mass is 228 g/mol. The van der Waals surface area contributed by atoms with Gasteiger partial charge < -0.3 is 5.32 Å². The summed E-state index contributed by atoms with van der Waals surface area (Å²) >= 11 is 0. The van der Waals surface area contributed by atoms with Crippen LogP contribution in [0.15, 0.2) is 0 Å². The van der Waals surface area contributed by atoms with Gasteiger partial charge >= 0.3 is 0 Å². The Hall–Kier alpha value is 0.160. The zero-order valence-corrected chi connectivity index (χ0v) is 9.38. The summed E-state index contributed by atoms with van der Waals surface area (Å²) in [5, 5.41) is 3.20. The van der Waals surface area contributed by atoms with Crippen molar-refractivity contribution in [2.75, 3.05) is 25.9 Å². The molecule has 2 N–H and O–H groups in total. The predicted molar refractivity (Wildman–Crippen MR) is 55.7 cm³/mol. The van der Waals surface area contributed by atoms with Gasteiger partial charge in [-0.1, -0.05) is 0 Å². The van der Waals surface area contributed by atoms with Crippen molar-refractivity contribution in [1.82, 2.24) is 10.0 Å². The average Bonchev–Trinajstić information content (AvgIpc) is 2.06. The maximum Gasteiger partial charge on any atom is 0.211 e. The predicted octanol–water partition coefficient (Wildman–Crippen LogP) is -0.0430. The van der Waals surface area contributed by atoms with E-state index in [1.54, 1.807) is 0 Å². The van der Waals surface area contributed by atoms with Gasteiger partial charge in [0, 0.05) is 0 Å². The number of hydrogen-bond donors (Lipinski definition) is 2. The molecule has 0 aliphatic carbocycles. The lowest BCUT2D eigenvalue weighted by molar-refractivity contribution is 0.400. The fourth-order valence-electron chi connectivity index (χ4n) is 1.44. The van der Waals surface area contributed by atoms with Crippen molar-refractivity contribution in [1.29, 1.82) is 0 Å². The topological polar surface area (TPSA) is 58.2 Å². The maximum absolute atomic E-state index is 11.1. The molecule has 0 unspecified atom stereocenters. The molecular formula is C7H17ClN2O2S. The molecule has 0 bridgehead atoms. The summed E-state index contributed by atoms with van der Waals surface area (Å²) in [5.41, 5.74) is 0. The molecule has 0 atom stereocenters. The molecule has 4 nitrogen and oxygen atoms in total. The van der Waals surface area contributed by atoms with Gasteiger partial charge in [-0.15, -0.1) is 12.4 Å². The smallest absolute Gasteiger partial charge is 0.211 e. The molecule has 13 heavy (non-hydrogen) atoms. The van der Waals surface area contributed by atoms with Crippen LogP contribution < -0.4 is 10.0 Å².